The van der Waals surface area contributed by atoms with Crippen LogP contribution in [-0.4, -0.2) is 37.0 Å². The summed E-state index contributed by atoms with van der Waals surface area (Å²) in [4.78, 5) is 29.8. The van der Waals surface area contributed by atoms with E-state index in [4.69, 9.17) is 0 Å². The van der Waals surface area contributed by atoms with Gasteiger partial charge >= 0.3 is 0 Å². The first-order valence-electron chi connectivity index (χ1n) is 7.37. The first kappa shape index (κ1) is 19.3. The van der Waals surface area contributed by atoms with Crippen LogP contribution >= 0.6 is 0 Å². The summed E-state index contributed by atoms with van der Waals surface area (Å²) in [6.45, 7) is 5.02. The molecule has 0 aromatic heterocycles. The number of carbonyl (C=O) groups is 2. The van der Waals surface area contributed by atoms with Gasteiger partial charge in [-0.25, -0.2) is 4.99 Å². The molecular weight excluding hydrogens is 306 g/mol. The molecule has 0 saturated heterocycles. The highest BCUT2D eigenvalue weighted by Crippen LogP contribution is 2.30. The van der Waals surface area contributed by atoms with Gasteiger partial charge in [-0.05, 0) is 55.3 Å². The number of allylic oxidation sites excluding steroid dienone is 4. The van der Waals surface area contributed by atoms with E-state index in [0.717, 1.165) is 5.69 Å². The quantitative estimate of drug-likeness (QED) is 0.863. The van der Waals surface area contributed by atoms with Gasteiger partial charge in [0.05, 0.1) is 17.1 Å². The summed E-state index contributed by atoms with van der Waals surface area (Å²) in [5, 5.41) is 2.81. The number of amides is 1. The first-order chi connectivity index (χ1) is 10.8. The summed E-state index contributed by atoms with van der Waals surface area (Å²) < 4.78 is 0. The minimum Gasteiger partial charge on any atom is -0.412 e. The highest BCUT2D eigenvalue weighted by molar-refractivity contribution is 6.22. The summed E-state index contributed by atoms with van der Waals surface area (Å²) in [5.74, 6) is -0.117. The number of rotatable bonds is 3. The van der Waals surface area contributed by atoms with E-state index >= 15 is 0 Å². The van der Waals surface area contributed by atoms with Crippen molar-refractivity contribution in [1.29, 1.82) is 0 Å². The van der Waals surface area contributed by atoms with Crippen LogP contribution in [0, 0.1) is 0 Å². The number of hydrogen-bond acceptors (Lipinski definition) is 4. The zero-order valence-electron chi connectivity index (χ0n) is 14.6. The zero-order valence-corrected chi connectivity index (χ0v) is 14.6. The Morgan fingerprint density at radius 1 is 1.12 bits per heavy atom. The molecule has 0 aliphatic heterocycles. The van der Waals surface area contributed by atoms with Crippen molar-refractivity contribution in [2.75, 3.05) is 24.3 Å². The fourth-order valence-corrected chi connectivity index (χ4v) is 2.32. The summed E-state index contributed by atoms with van der Waals surface area (Å²) in [6, 6.07) is 5.67. The molecule has 0 atom stereocenters. The summed E-state index contributed by atoms with van der Waals surface area (Å²) in [5.41, 5.74) is 4.29. The van der Waals surface area contributed by atoms with Crippen LogP contribution in [0.15, 0.2) is 46.5 Å². The van der Waals surface area contributed by atoms with Gasteiger partial charge in [-0.1, -0.05) is 0 Å². The average Bonchev–Trinajstić information content (AvgIpc) is 2.45. The molecule has 128 valence electrons. The predicted octanol–water partition coefficient (Wildman–Crippen LogP) is 2.43. The Hall–Kier alpha value is -2.73. The van der Waals surface area contributed by atoms with E-state index < -0.39 is 0 Å². The summed E-state index contributed by atoms with van der Waals surface area (Å²) in [6.07, 6.45) is 3.51. The van der Waals surface area contributed by atoms with Crippen molar-refractivity contribution in [2.45, 2.75) is 20.8 Å². The molecule has 1 aromatic rings. The molecule has 1 amide bonds. The molecule has 0 fully saturated rings. The van der Waals surface area contributed by atoms with Crippen molar-refractivity contribution < 1.29 is 15.1 Å². The molecule has 3 N–H and O–H groups in total. The van der Waals surface area contributed by atoms with E-state index in [9.17, 15) is 9.59 Å². The normalized spacial score (nSPS) is 13.5. The topological polar surface area (TPSA) is 93.3 Å². The van der Waals surface area contributed by atoms with Crippen molar-refractivity contribution in [3.05, 3.63) is 41.5 Å². The third-order valence-electron chi connectivity index (χ3n) is 3.50. The van der Waals surface area contributed by atoms with Crippen molar-refractivity contribution in [3.8, 4) is 0 Å². The van der Waals surface area contributed by atoms with Crippen molar-refractivity contribution in [1.82, 2.24) is 0 Å². The number of Topliss-reactive ketones (excluding diaryl/α,β-unsaturated/α-hetero) is 1. The lowest BCUT2D eigenvalue weighted by Crippen LogP contribution is -2.12. The van der Waals surface area contributed by atoms with Gasteiger partial charge in [0.25, 0.3) is 0 Å². The molecule has 2 rings (SSSR count). The monoisotopic (exact) mass is 329 g/mol. The number of carbonyl (C=O) groups excluding carboxylic acids is 2. The van der Waals surface area contributed by atoms with Gasteiger partial charge in [0.1, 0.15) is 0 Å². The maximum Gasteiger partial charge on any atom is 0.221 e. The lowest BCUT2D eigenvalue weighted by atomic mass is 9.98. The van der Waals surface area contributed by atoms with E-state index in [-0.39, 0.29) is 17.2 Å². The van der Waals surface area contributed by atoms with Crippen LogP contribution in [0.1, 0.15) is 20.8 Å². The van der Waals surface area contributed by atoms with Crippen molar-refractivity contribution >= 4 is 34.5 Å². The number of hydrogen-bond donors (Lipinski definition) is 1. The fourth-order valence-electron chi connectivity index (χ4n) is 2.32. The maximum atomic E-state index is 11.8. The van der Waals surface area contributed by atoms with Gasteiger partial charge in [0, 0.05) is 26.7 Å². The smallest absolute Gasteiger partial charge is 0.221 e. The number of nitrogens with one attached hydrogen (secondary N) is 1. The Morgan fingerprint density at radius 2 is 1.71 bits per heavy atom. The Morgan fingerprint density at radius 3 is 2.21 bits per heavy atom. The number of nitrogens with zero attached hydrogens (tertiary/aromatic N) is 2. The number of aliphatic imine (C=N–C) groups is 1. The maximum absolute atomic E-state index is 11.8. The SMILES string of the molecule is CC(=O)Nc1cc(N(C)C)ccc1N=C1C=C(C)C(=O)C(C)=C1.O. The second-order valence-electron chi connectivity index (χ2n) is 5.80. The van der Waals surface area contributed by atoms with Gasteiger partial charge < -0.3 is 15.7 Å². The molecule has 0 spiro atoms. The summed E-state index contributed by atoms with van der Waals surface area (Å²) >= 11 is 0. The van der Waals surface area contributed by atoms with Gasteiger partial charge in [-0.2, -0.15) is 0 Å². The van der Waals surface area contributed by atoms with E-state index in [1.54, 1.807) is 26.0 Å². The Kier molecular flexibility index (Phi) is 6.20. The predicted molar refractivity (Wildman–Crippen MR) is 98.3 cm³/mol. The van der Waals surface area contributed by atoms with Crippen molar-refractivity contribution in [3.63, 3.8) is 0 Å². The summed E-state index contributed by atoms with van der Waals surface area (Å²) in [7, 11) is 3.87. The standard InChI is InChI=1S/C18H21N3O2.H2O/c1-11-8-14(9-12(2)18(11)23)20-16-7-6-15(21(4)5)10-17(16)19-13(3)22;/h6-10H,1-5H3,(H,19,22);1H2. The van der Waals surface area contributed by atoms with E-state index in [1.807, 2.05) is 37.2 Å². The molecule has 0 bridgehead atoms. The Labute approximate surface area is 141 Å². The molecule has 0 radical (unpaired) electrons. The van der Waals surface area contributed by atoms with Crippen LogP contribution in [0.4, 0.5) is 17.1 Å². The highest BCUT2D eigenvalue weighted by Gasteiger charge is 2.14. The molecule has 1 aromatic carbocycles. The number of ketones is 1. The number of anilines is 2. The number of benzene rings is 1. The third kappa shape index (κ3) is 4.39. The first-order valence-corrected chi connectivity index (χ1v) is 7.37. The van der Waals surface area contributed by atoms with Crippen molar-refractivity contribution in [2.24, 2.45) is 4.99 Å². The van der Waals surface area contributed by atoms with Crippen LogP contribution in [-0.2, 0) is 9.59 Å². The lowest BCUT2D eigenvalue weighted by Gasteiger charge is -2.16. The molecule has 6 nitrogen and oxygen atoms in total. The molecule has 0 unspecified atom stereocenters. The van der Waals surface area contributed by atoms with Crippen LogP contribution in [0.3, 0.4) is 0 Å². The lowest BCUT2D eigenvalue weighted by molar-refractivity contribution is -0.114. The van der Waals surface area contributed by atoms with Crippen LogP contribution in [0.25, 0.3) is 0 Å². The molecule has 1 aliphatic carbocycles. The van der Waals surface area contributed by atoms with Gasteiger partial charge in [-0.15, -0.1) is 0 Å². The molecule has 6 heteroatoms. The molecular formula is C18H23N3O3. The minimum atomic E-state index is -0.153. The van der Waals surface area contributed by atoms with Crippen LogP contribution in [0.5, 0.6) is 0 Å². The fraction of sp³-hybridized carbons (Fsp3) is 0.278. The van der Waals surface area contributed by atoms with Gasteiger partial charge in [-0.3, -0.25) is 9.59 Å². The van der Waals surface area contributed by atoms with E-state index in [2.05, 4.69) is 10.3 Å². The Bertz CT molecular complexity index is 735. The molecule has 1 aliphatic rings. The second-order valence-corrected chi connectivity index (χ2v) is 5.80. The zero-order chi connectivity index (χ0) is 17.1. The highest BCUT2D eigenvalue weighted by atomic mass is 16.1. The van der Waals surface area contributed by atoms with Gasteiger partial charge in [0.15, 0.2) is 5.78 Å². The third-order valence-corrected chi connectivity index (χ3v) is 3.50. The van der Waals surface area contributed by atoms with Crippen LogP contribution in [0.2, 0.25) is 0 Å². The average molecular weight is 329 g/mol. The molecule has 0 heterocycles. The Balaban J connectivity index is 0.00000288. The second kappa shape index (κ2) is 7.70. The molecule has 0 saturated carbocycles. The largest absolute Gasteiger partial charge is 0.412 e. The van der Waals surface area contributed by atoms with E-state index in [0.29, 0.717) is 28.2 Å². The minimum absolute atomic E-state index is 0. The molecule has 24 heavy (non-hydrogen) atoms. The van der Waals surface area contributed by atoms with E-state index in [1.165, 1.54) is 6.92 Å². The van der Waals surface area contributed by atoms with Gasteiger partial charge in [0.2, 0.25) is 5.91 Å². The van der Waals surface area contributed by atoms with Crippen LogP contribution < -0.4 is 10.2 Å².